The van der Waals surface area contributed by atoms with E-state index in [1.165, 1.54) is 0 Å². The Kier molecular flexibility index (Phi) is 4.81. The smallest absolute Gasteiger partial charge is 0.264 e. The van der Waals surface area contributed by atoms with Crippen molar-refractivity contribution in [3.63, 3.8) is 0 Å². The first-order valence-corrected chi connectivity index (χ1v) is 7.74. The number of ether oxygens (including phenoxy) is 2. The Morgan fingerprint density at radius 3 is 2.75 bits per heavy atom. The summed E-state index contributed by atoms with van der Waals surface area (Å²) >= 11 is 1.82. The molecule has 1 aliphatic heterocycles. The summed E-state index contributed by atoms with van der Waals surface area (Å²) in [6.07, 6.45) is -0.565. The number of carbonyl (C=O) groups is 1. The third-order valence-electron chi connectivity index (χ3n) is 2.74. The van der Waals surface area contributed by atoms with Crippen LogP contribution in [-0.2, 0) is 4.79 Å². The van der Waals surface area contributed by atoms with Crippen molar-refractivity contribution in [1.29, 1.82) is 0 Å². The van der Waals surface area contributed by atoms with Crippen LogP contribution in [0.5, 0.6) is 11.5 Å². The van der Waals surface area contributed by atoms with Crippen LogP contribution in [0.4, 0.5) is 0 Å². The quantitative estimate of drug-likeness (QED) is 0.867. The van der Waals surface area contributed by atoms with Crippen LogP contribution in [0.3, 0.4) is 0 Å². The monoisotopic (exact) mass is 295 g/mol. The molecule has 1 heterocycles. The highest BCUT2D eigenvalue weighted by atomic mass is 32.2. The molecular formula is C15H21NO3S. The minimum atomic E-state index is -0.565. The third-order valence-corrected chi connectivity index (χ3v) is 4.01. The van der Waals surface area contributed by atoms with Crippen molar-refractivity contribution in [3.05, 3.63) is 24.3 Å². The highest BCUT2D eigenvalue weighted by Gasteiger charge is 2.26. The van der Waals surface area contributed by atoms with E-state index in [4.69, 9.17) is 9.47 Å². The van der Waals surface area contributed by atoms with Crippen LogP contribution in [0.1, 0.15) is 20.8 Å². The summed E-state index contributed by atoms with van der Waals surface area (Å²) in [6.45, 7) is 7.38. The van der Waals surface area contributed by atoms with Crippen LogP contribution in [0.2, 0.25) is 0 Å². The van der Waals surface area contributed by atoms with E-state index in [1.54, 1.807) is 0 Å². The summed E-state index contributed by atoms with van der Waals surface area (Å²) in [6, 6.07) is 7.39. The second-order valence-electron chi connectivity index (χ2n) is 5.62. The number of carbonyl (C=O) groups excluding carboxylic acids is 1. The fourth-order valence-electron chi connectivity index (χ4n) is 1.79. The van der Waals surface area contributed by atoms with Gasteiger partial charge in [0.25, 0.3) is 5.91 Å². The van der Waals surface area contributed by atoms with Gasteiger partial charge in [0, 0.05) is 17.0 Å². The van der Waals surface area contributed by atoms with E-state index in [0.29, 0.717) is 18.0 Å². The number of hydrogen-bond acceptors (Lipinski definition) is 4. The second kappa shape index (κ2) is 6.39. The predicted octanol–water partition coefficient (Wildman–Crippen LogP) is 2.47. The van der Waals surface area contributed by atoms with Gasteiger partial charge in [-0.25, -0.2) is 0 Å². The second-order valence-corrected chi connectivity index (χ2v) is 7.54. The predicted molar refractivity (Wildman–Crippen MR) is 81.6 cm³/mol. The lowest BCUT2D eigenvalue weighted by Crippen LogP contribution is -2.44. The van der Waals surface area contributed by atoms with Crippen molar-refractivity contribution < 1.29 is 14.3 Å². The van der Waals surface area contributed by atoms with Gasteiger partial charge in [-0.05, 0) is 12.1 Å². The number of para-hydroxylation sites is 2. The van der Waals surface area contributed by atoms with Gasteiger partial charge in [-0.1, -0.05) is 32.9 Å². The molecule has 0 spiro atoms. The van der Waals surface area contributed by atoms with Crippen molar-refractivity contribution in [2.45, 2.75) is 31.6 Å². The van der Waals surface area contributed by atoms with E-state index in [9.17, 15) is 4.79 Å². The summed E-state index contributed by atoms with van der Waals surface area (Å²) in [5, 5.41) is 2.89. The molecule has 4 nitrogen and oxygen atoms in total. The topological polar surface area (TPSA) is 47.6 Å². The molecule has 1 unspecified atom stereocenters. The molecule has 0 bridgehead atoms. The van der Waals surface area contributed by atoms with E-state index in [-0.39, 0.29) is 17.3 Å². The first kappa shape index (κ1) is 15.0. The Morgan fingerprint density at radius 2 is 2.05 bits per heavy atom. The van der Waals surface area contributed by atoms with Gasteiger partial charge in [-0.2, -0.15) is 11.8 Å². The van der Waals surface area contributed by atoms with Crippen molar-refractivity contribution in [1.82, 2.24) is 5.32 Å². The zero-order valence-corrected chi connectivity index (χ0v) is 13.0. The number of rotatable bonds is 4. The first-order chi connectivity index (χ1) is 9.46. The zero-order valence-electron chi connectivity index (χ0n) is 12.1. The molecule has 5 heteroatoms. The van der Waals surface area contributed by atoms with Gasteiger partial charge in [0.05, 0.1) is 0 Å². The van der Waals surface area contributed by atoms with Crippen LogP contribution < -0.4 is 14.8 Å². The van der Waals surface area contributed by atoms with Gasteiger partial charge >= 0.3 is 0 Å². The Hall–Kier alpha value is -1.36. The molecule has 1 aromatic rings. The zero-order chi connectivity index (χ0) is 14.6. The van der Waals surface area contributed by atoms with Crippen LogP contribution in [0.15, 0.2) is 24.3 Å². The molecule has 0 radical (unpaired) electrons. The average Bonchev–Trinajstić information content (AvgIpc) is 2.42. The molecule has 0 fully saturated rings. The van der Waals surface area contributed by atoms with E-state index in [0.717, 1.165) is 5.75 Å². The van der Waals surface area contributed by atoms with Crippen molar-refractivity contribution >= 4 is 17.7 Å². The maximum Gasteiger partial charge on any atom is 0.264 e. The first-order valence-electron chi connectivity index (χ1n) is 6.76. The summed E-state index contributed by atoms with van der Waals surface area (Å²) in [4.78, 5) is 12.0. The van der Waals surface area contributed by atoms with Gasteiger partial charge in [-0.15, -0.1) is 0 Å². The molecule has 0 aliphatic carbocycles. The van der Waals surface area contributed by atoms with Crippen LogP contribution >= 0.6 is 11.8 Å². The maximum absolute atomic E-state index is 12.0. The van der Waals surface area contributed by atoms with Gasteiger partial charge < -0.3 is 14.8 Å². The molecule has 1 N–H and O–H groups in total. The van der Waals surface area contributed by atoms with Crippen molar-refractivity contribution in [3.8, 4) is 11.5 Å². The number of thioether (sulfide) groups is 1. The van der Waals surface area contributed by atoms with Crippen LogP contribution in [-0.4, -0.2) is 35.7 Å². The molecule has 110 valence electrons. The van der Waals surface area contributed by atoms with Gasteiger partial charge in [-0.3, -0.25) is 4.79 Å². The standard InChI is InChI=1S/C15H21NO3S/c1-15(2,3)20-9-8-16-14(17)13-10-18-11-6-4-5-7-12(11)19-13/h4-7,13H,8-10H2,1-3H3,(H,16,17). The summed E-state index contributed by atoms with van der Waals surface area (Å²) < 4.78 is 11.4. The molecule has 0 saturated heterocycles. The van der Waals surface area contributed by atoms with E-state index < -0.39 is 6.10 Å². The van der Waals surface area contributed by atoms with E-state index in [2.05, 4.69) is 26.1 Å². The normalized spacial score (nSPS) is 17.6. The summed E-state index contributed by atoms with van der Waals surface area (Å²) in [7, 11) is 0. The van der Waals surface area contributed by atoms with Crippen LogP contribution in [0.25, 0.3) is 0 Å². The minimum absolute atomic E-state index is 0.117. The minimum Gasteiger partial charge on any atom is -0.485 e. The van der Waals surface area contributed by atoms with E-state index >= 15 is 0 Å². The third kappa shape index (κ3) is 4.34. The lowest BCUT2D eigenvalue weighted by Gasteiger charge is -2.25. The van der Waals surface area contributed by atoms with E-state index in [1.807, 2.05) is 36.0 Å². The highest BCUT2D eigenvalue weighted by Crippen LogP contribution is 2.30. The Bertz CT molecular complexity index is 470. The Morgan fingerprint density at radius 1 is 1.35 bits per heavy atom. The molecule has 1 atom stereocenters. The summed E-state index contributed by atoms with van der Waals surface area (Å²) in [5.74, 6) is 2.09. The fourth-order valence-corrected chi connectivity index (χ4v) is 2.61. The molecule has 1 aliphatic rings. The largest absolute Gasteiger partial charge is 0.485 e. The summed E-state index contributed by atoms with van der Waals surface area (Å²) in [5.41, 5.74) is 0. The number of hydrogen-bond donors (Lipinski definition) is 1. The highest BCUT2D eigenvalue weighted by molar-refractivity contribution is 8.00. The molecular weight excluding hydrogens is 274 g/mol. The fraction of sp³-hybridized carbons (Fsp3) is 0.533. The number of nitrogens with one attached hydrogen (secondary N) is 1. The number of benzene rings is 1. The number of amides is 1. The van der Waals surface area contributed by atoms with Gasteiger partial charge in [0.15, 0.2) is 11.5 Å². The number of fused-ring (bicyclic) bond motifs is 1. The van der Waals surface area contributed by atoms with Gasteiger partial charge in [0.1, 0.15) is 6.61 Å². The van der Waals surface area contributed by atoms with Crippen molar-refractivity contribution in [2.75, 3.05) is 18.9 Å². The molecule has 1 aromatic carbocycles. The van der Waals surface area contributed by atoms with Gasteiger partial charge in [0.2, 0.25) is 6.10 Å². The molecule has 1 amide bonds. The molecule has 2 rings (SSSR count). The molecule has 0 saturated carbocycles. The lowest BCUT2D eigenvalue weighted by molar-refractivity contribution is -0.130. The lowest BCUT2D eigenvalue weighted by atomic mass is 10.2. The Balaban J connectivity index is 1.77. The Labute approximate surface area is 124 Å². The maximum atomic E-state index is 12.0. The SMILES string of the molecule is CC(C)(C)SCCNC(=O)C1COc2ccccc2O1. The van der Waals surface area contributed by atoms with Crippen LogP contribution in [0, 0.1) is 0 Å². The molecule has 20 heavy (non-hydrogen) atoms. The molecule has 0 aromatic heterocycles. The average molecular weight is 295 g/mol. The van der Waals surface area contributed by atoms with Crippen molar-refractivity contribution in [2.24, 2.45) is 0 Å².